The van der Waals surface area contributed by atoms with Gasteiger partial charge in [0, 0.05) is 23.5 Å². The molecule has 31 heavy (non-hydrogen) atoms. The summed E-state index contributed by atoms with van der Waals surface area (Å²) >= 11 is 0. The summed E-state index contributed by atoms with van der Waals surface area (Å²) in [5, 5.41) is 8.80. The molecule has 0 spiro atoms. The van der Waals surface area contributed by atoms with E-state index in [1.54, 1.807) is 12.4 Å². The fourth-order valence-electron chi connectivity index (χ4n) is 4.58. The molecule has 0 aliphatic heterocycles. The van der Waals surface area contributed by atoms with E-state index >= 15 is 0 Å². The molecular weight excluding hydrogens is 392 g/mol. The second-order valence-electron chi connectivity index (χ2n) is 8.35. The minimum atomic E-state index is -0.913. The van der Waals surface area contributed by atoms with Crippen LogP contribution in [0.3, 0.4) is 0 Å². The van der Waals surface area contributed by atoms with Crippen LogP contribution in [0.15, 0.2) is 48.8 Å². The largest absolute Gasteiger partial charge is 0.236 e. The van der Waals surface area contributed by atoms with Crippen molar-refractivity contribution >= 4 is 0 Å². The van der Waals surface area contributed by atoms with E-state index in [-0.39, 0.29) is 11.4 Å². The molecule has 0 bridgehead atoms. The molecule has 1 saturated carbocycles. The lowest BCUT2D eigenvalue weighted by Crippen LogP contribution is -2.13. The first-order valence-electron chi connectivity index (χ1n) is 10.9. The lowest BCUT2D eigenvalue weighted by atomic mass is 9.77. The van der Waals surface area contributed by atoms with E-state index in [1.807, 2.05) is 0 Å². The molecule has 2 aromatic carbocycles. The molecule has 1 fully saturated rings. The first kappa shape index (κ1) is 21.1. The Kier molecular flexibility index (Phi) is 6.36. The molecule has 4 rings (SSSR count). The molecule has 3 nitrogen and oxygen atoms in total. The van der Waals surface area contributed by atoms with Gasteiger partial charge < -0.3 is 0 Å². The van der Waals surface area contributed by atoms with Gasteiger partial charge in [-0.1, -0.05) is 44.0 Å². The van der Waals surface area contributed by atoms with Gasteiger partial charge in [-0.2, -0.15) is 5.26 Å². The van der Waals surface area contributed by atoms with Gasteiger partial charge in [0.25, 0.3) is 0 Å². The normalized spacial score (nSPS) is 18.5. The maximum atomic E-state index is 13.9. The van der Waals surface area contributed by atoms with Crippen molar-refractivity contribution in [3.8, 4) is 28.6 Å². The summed E-state index contributed by atoms with van der Waals surface area (Å²) in [5.41, 5.74) is 2.84. The molecule has 158 valence electrons. The van der Waals surface area contributed by atoms with Gasteiger partial charge >= 0.3 is 0 Å². The number of nitrogens with zero attached hydrogens (tertiary/aromatic N) is 3. The Morgan fingerprint density at radius 3 is 2.06 bits per heavy atom. The second kappa shape index (κ2) is 9.34. The minimum absolute atomic E-state index is 0.203. The summed E-state index contributed by atoms with van der Waals surface area (Å²) in [6.07, 6.45) is 11.1. The molecule has 0 unspecified atom stereocenters. The predicted octanol–water partition coefficient (Wildman–Crippen LogP) is 7.03. The molecule has 0 radical (unpaired) electrons. The first-order valence-corrected chi connectivity index (χ1v) is 10.9. The smallest absolute Gasteiger partial charge is 0.159 e. The zero-order valence-corrected chi connectivity index (χ0v) is 17.6. The van der Waals surface area contributed by atoms with E-state index in [0.29, 0.717) is 5.92 Å². The van der Waals surface area contributed by atoms with Crippen molar-refractivity contribution in [2.24, 2.45) is 5.92 Å². The van der Waals surface area contributed by atoms with Crippen LogP contribution in [-0.2, 0) is 0 Å². The minimum Gasteiger partial charge on any atom is -0.236 e. The van der Waals surface area contributed by atoms with Gasteiger partial charge in [0.05, 0.1) is 0 Å². The summed E-state index contributed by atoms with van der Waals surface area (Å²) in [7, 11) is 0. The van der Waals surface area contributed by atoms with E-state index in [1.165, 1.54) is 50.2 Å². The fourth-order valence-corrected chi connectivity index (χ4v) is 4.58. The van der Waals surface area contributed by atoms with Crippen molar-refractivity contribution in [1.29, 1.82) is 5.26 Å². The molecule has 0 amide bonds. The summed E-state index contributed by atoms with van der Waals surface area (Å²) in [5.74, 6) is -0.0725. The number of hydrogen-bond donors (Lipinski definition) is 0. The number of nitriles is 1. The van der Waals surface area contributed by atoms with Crippen molar-refractivity contribution in [2.75, 3.05) is 0 Å². The third-order valence-corrected chi connectivity index (χ3v) is 6.32. The van der Waals surface area contributed by atoms with E-state index < -0.39 is 17.2 Å². The highest BCUT2D eigenvalue weighted by Gasteiger charge is 2.21. The summed E-state index contributed by atoms with van der Waals surface area (Å²) in [6.45, 7) is 2.27. The van der Waals surface area contributed by atoms with E-state index in [4.69, 9.17) is 5.26 Å². The second-order valence-corrected chi connectivity index (χ2v) is 8.35. The number of rotatable bonds is 5. The fraction of sp³-hybridized carbons (Fsp3) is 0.346. The van der Waals surface area contributed by atoms with Gasteiger partial charge in [0.15, 0.2) is 5.82 Å². The number of halogens is 2. The van der Waals surface area contributed by atoms with Crippen LogP contribution < -0.4 is 0 Å². The average molecular weight is 418 g/mol. The van der Waals surface area contributed by atoms with Crippen molar-refractivity contribution in [1.82, 2.24) is 9.97 Å². The van der Waals surface area contributed by atoms with Crippen LogP contribution in [0.5, 0.6) is 0 Å². The highest BCUT2D eigenvalue weighted by molar-refractivity contribution is 5.64. The lowest BCUT2D eigenvalue weighted by molar-refractivity contribution is 0.308. The average Bonchev–Trinajstić information content (AvgIpc) is 2.80. The standard InChI is InChI=1S/C26H25F2N3/c1-2-3-17-4-6-18(7-5-17)19-8-10-20(11-9-19)22-15-30-26(31-16-22)21-12-24(27)23(14-29)25(28)13-21/h8-13,15-18H,2-7H2,1H3/t17-,18-. The van der Waals surface area contributed by atoms with Crippen LogP contribution in [0, 0.1) is 28.9 Å². The third-order valence-electron chi connectivity index (χ3n) is 6.32. The van der Waals surface area contributed by atoms with Crippen molar-refractivity contribution in [2.45, 2.75) is 51.4 Å². The van der Waals surface area contributed by atoms with Gasteiger partial charge in [-0.05, 0) is 60.8 Å². The van der Waals surface area contributed by atoms with E-state index in [2.05, 4.69) is 41.2 Å². The number of aromatic nitrogens is 2. The quantitative estimate of drug-likeness (QED) is 0.447. The Hall–Kier alpha value is -3.13. The van der Waals surface area contributed by atoms with Crippen LogP contribution in [0.2, 0.25) is 0 Å². The zero-order valence-electron chi connectivity index (χ0n) is 17.6. The van der Waals surface area contributed by atoms with E-state index in [0.717, 1.165) is 29.2 Å². The van der Waals surface area contributed by atoms with Crippen LogP contribution in [0.4, 0.5) is 8.78 Å². The Morgan fingerprint density at radius 1 is 0.903 bits per heavy atom. The van der Waals surface area contributed by atoms with Gasteiger partial charge in [-0.3, -0.25) is 0 Å². The highest BCUT2D eigenvalue weighted by atomic mass is 19.1. The summed E-state index contributed by atoms with van der Waals surface area (Å²) < 4.78 is 27.7. The summed E-state index contributed by atoms with van der Waals surface area (Å²) in [6, 6.07) is 12.3. The third kappa shape index (κ3) is 4.64. The SMILES string of the molecule is CCC[C@H]1CC[C@H](c2ccc(-c3cnc(-c4cc(F)c(C#N)c(F)c4)nc3)cc2)CC1. The molecule has 1 heterocycles. The Morgan fingerprint density at radius 2 is 1.52 bits per heavy atom. The first-order chi connectivity index (χ1) is 15.1. The Labute approximate surface area is 181 Å². The van der Waals surface area contributed by atoms with E-state index in [9.17, 15) is 8.78 Å². The van der Waals surface area contributed by atoms with Crippen molar-refractivity contribution in [3.63, 3.8) is 0 Å². The zero-order chi connectivity index (χ0) is 21.8. The van der Waals surface area contributed by atoms with Crippen LogP contribution in [-0.4, -0.2) is 9.97 Å². The maximum absolute atomic E-state index is 13.9. The molecular formula is C26H25F2N3. The monoisotopic (exact) mass is 417 g/mol. The maximum Gasteiger partial charge on any atom is 0.159 e. The molecule has 3 aromatic rings. The number of hydrogen-bond acceptors (Lipinski definition) is 3. The van der Waals surface area contributed by atoms with Crippen molar-refractivity contribution < 1.29 is 8.78 Å². The lowest BCUT2D eigenvalue weighted by Gasteiger charge is -2.28. The van der Waals surface area contributed by atoms with Gasteiger partial charge in [0.1, 0.15) is 23.3 Å². The molecule has 5 heteroatoms. The van der Waals surface area contributed by atoms with Gasteiger partial charge in [0.2, 0.25) is 0 Å². The molecule has 0 saturated heterocycles. The molecule has 1 aromatic heterocycles. The number of benzene rings is 2. The predicted molar refractivity (Wildman–Crippen MR) is 117 cm³/mol. The van der Waals surface area contributed by atoms with Crippen LogP contribution in [0.25, 0.3) is 22.5 Å². The highest BCUT2D eigenvalue weighted by Crippen LogP contribution is 2.38. The molecule has 1 aliphatic carbocycles. The summed E-state index contributed by atoms with van der Waals surface area (Å²) in [4.78, 5) is 8.55. The van der Waals surface area contributed by atoms with Crippen molar-refractivity contribution in [3.05, 3.63) is 71.6 Å². The van der Waals surface area contributed by atoms with Gasteiger partial charge in [-0.25, -0.2) is 18.7 Å². The van der Waals surface area contributed by atoms with Gasteiger partial charge in [-0.15, -0.1) is 0 Å². The molecule has 0 N–H and O–H groups in total. The van der Waals surface area contributed by atoms with Crippen LogP contribution in [0.1, 0.15) is 62.5 Å². The Balaban J connectivity index is 1.47. The molecule has 1 aliphatic rings. The topological polar surface area (TPSA) is 49.6 Å². The molecule has 0 atom stereocenters. The Bertz CT molecular complexity index is 1050. The van der Waals surface area contributed by atoms with Crippen LogP contribution >= 0.6 is 0 Å².